The highest BCUT2D eigenvalue weighted by molar-refractivity contribution is 5.60. The van der Waals surface area contributed by atoms with Gasteiger partial charge in [-0.15, -0.1) is 0 Å². The van der Waals surface area contributed by atoms with Crippen molar-refractivity contribution >= 4 is 5.69 Å². The van der Waals surface area contributed by atoms with Crippen molar-refractivity contribution < 1.29 is 9.13 Å². The van der Waals surface area contributed by atoms with E-state index in [2.05, 4.69) is 0 Å². The van der Waals surface area contributed by atoms with E-state index < -0.39 is 5.82 Å². The third-order valence-electron chi connectivity index (χ3n) is 1.41. The number of methoxy groups -OCH3 is 1. The average molecular weight is 166 g/mol. The topological polar surface area (TPSA) is 59.0 Å². The van der Waals surface area contributed by atoms with Crippen molar-refractivity contribution in [3.05, 3.63) is 23.5 Å². The first-order chi connectivity index (χ1) is 5.69. The Morgan fingerprint density at radius 3 is 2.75 bits per heavy atom. The van der Waals surface area contributed by atoms with E-state index in [1.165, 1.54) is 7.11 Å². The van der Waals surface area contributed by atoms with Crippen molar-refractivity contribution in [2.45, 2.75) is 0 Å². The fourth-order valence-electron chi connectivity index (χ4n) is 0.926. The Labute approximate surface area is 69.2 Å². The number of rotatable bonds is 1. The standard InChI is InChI=1S/C8H7FN2O/c1-12-8-5(4-10)2-6(9)3-7(8)11/h2-3H,11H2,1H3. The molecule has 0 aliphatic heterocycles. The van der Waals surface area contributed by atoms with E-state index >= 15 is 0 Å². The number of benzene rings is 1. The Morgan fingerprint density at radius 2 is 2.25 bits per heavy atom. The van der Waals surface area contributed by atoms with Crippen LogP contribution in [0.25, 0.3) is 0 Å². The predicted molar refractivity (Wildman–Crippen MR) is 42.1 cm³/mol. The molecule has 0 aliphatic rings. The van der Waals surface area contributed by atoms with Crippen molar-refractivity contribution in [1.82, 2.24) is 0 Å². The van der Waals surface area contributed by atoms with Gasteiger partial charge in [-0.05, 0) is 6.07 Å². The van der Waals surface area contributed by atoms with Crippen LogP contribution in [0.5, 0.6) is 5.75 Å². The first-order valence-corrected chi connectivity index (χ1v) is 3.22. The van der Waals surface area contributed by atoms with Gasteiger partial charge in [0, 0.05) is 6.07 Å². The van der Waals surface area contributed by atoms with E-state index in [9.17, 15) is 4.39 Å². The van der Waals surface area contributed by atoms with E-state index in [-0.39, 0.29) is 17.0 Å². The Kier molecular flexibility index (Phi) is 2.15. The van der Waals surface area contributed by atoms with Crippen molar-refractivity contribution in [2.24, 2.45) is 0 Å². The zero-order valence-corrected chi connectivity index (χ0v) is 6.47. The second kappa shape index (κ2) is 3.09. The summed E-state index contributed by atoms with van der Waals surface area (Å²) in [4.78, 5) is 0. The van der Waals surface area contributed by atoms with Gasteiger partial charge in [-0.1, -0.05) is 0 Å². The molecule has 2 N–H and O–H groups in total. The largest absolute Gasteiger partial charge is 0.493 e. The van der Waals surface area contributed by atoms with Gasteiger partial charge in [0.15, 0.2) is 5.75 Å². The zero-order chi connectivity index (χ0) is 9.14. The number of hydrogen-bond acceptors (Lipinski definition) is 3. The summed E-state index contributed by atoms with van der Waals surface area (Å²) in [7, 11) is 1.38. The van der Waals surface area contributed by atoms with E-state index in [4.69, 9.17) is 15.7 Å². The Hall–Kier alpha value is -1.76. The molecule has 0 saturated heterocycles. The van der Waals surface area contributed by atoms with Crippen LogP contribution in [0.2, 0.25) is 0 Å². The molecule has 3 nitrogen and oxygen atoms in total. The number of hydrogen-bond donors (Lipinski definition) is 1. The lowest BCUT2D eigenvalue weighted by Gasteiger charge is -2.05. The quantitative estimate of drug-likeness (QED) is 0.639. The summed E-state index contributed by atoms with van der Waals surface area (Å²) >= 11 is 0. The summed E-state index contributed by atoms with van der Waals surface area (Å²) < 4.78 is 17.5. The molecular weight excluding hydrogens is 159 g/mol. The van der Waals surface area contributed by atoms with Gasteiger partial charge in [-0.25, -0.2) is 4.39 Å². The molecule has 0 aromatic heterocycles. The molecule has 0 bridgehead atoms. The average Bonchev–Trinajstić information content (AvgIpc) is 2.03. The van der Waals surface area contributed by atoms with Gasteiger partial charge >= 0.3 is 0 Å². The van der Waals surface area contributed by atoms with Gasteiger partial charge in [-0.3, -0.25) is 0 Å². The number of nitrogens with two attached hydrogens (primary N) is 1. The molecule has 1 aromatic rings. The van der Waals surface area contributed by atoms with Crippen LogP contribution < -0.4 is 10.5 Å². The van der Waals surface area contributed by atoms with Gasteiger partial charge in [-0.2, -0.15) is 5.26 Å². The van der Waals surface area contributed by atoms with Crippen molar-refractivity contribution in [3.63, 3.8) is 0 Å². The van der Waals surface area contributed by atoms with Crippen LogP contribution in [0, 0.1) is 17.1 Å². The van der Waals surface area contributed by atoms with Crippen LogP contribution in [-0.2, 0) is 0 Å². The number of nitrogen functional groups attached to an aromatic ring is 1. The molecule has 62 valence electrons. The maximum atomic E-state index is 12.6. The number of halogens is 1. The highest BCUT2D eigenvalue weighted by atomic mass is 19.1. The first-order valence-electron chi connectivity index (χ1n) is 3.22. The predicted octanol–water partition coefficient (Wildman–Crippen LogP) is 1.29. The third-order valence-corrected chi connectivity index (χ3v) is 1.41. The lowest BCUT2D eigenvalue weighted by atomic mass is 10.2. The second-order valence-corrected chi connectivity index (χ2v) is 2.19. The minimum Gasteiger partial charge on any atom is -0.493 e. The molecule has 0 spiro atoms. The van der Waals surface area contributed by atoms with Gasteiger partial charge < -0.3 is 10.5 Å². The SMILES string of the molecule is COc1c(N)cc(F)cc1C#N. The van der Waals surface area contributed by atoms with E-state index in [1.54, 1.807) is 6.07 Å². The van der Waals surface area contributed by atoms with Gasteiger partial charge in [0.2, 0.25) is 0 Å². The van der Waals surface area contributed by atoms with Crippen LogP contribution in [0.15, 0.2) is 12.1 Å². The minimum absolute atomic E-state index is 0.106. The molecule has 0 fully saturated rings. The van der Waals surface area contributed by atoms with E-state index in [1.807, 2.05) is 0 Å². The molecule has 0 heterocycles. The lowest BCUT2D eigenvalue weighted by Crippen LogP contribution is -1.96. The number of ether oxygens (including phenoxy) is 1. The zero-order valence-electron chi connectivity index (χ0n) is 6.47. The maximum absolute atomic E-state index is 12.6. The van der Waals surface area contributed by atoms with E-state index in [0.29, 0.717) is 0 Å². The highest BCUT2D eigenvalue weighted by Crippen LogP contribution is 2.26. The van der Waals surface area contributed by atoms with Gasteiger partial charge in [0.25, 0.3) is 0 Å². The molecule has 1 aromatic carbocycles. The first kappa shape index (κ1) is 8.34. The molecule has 0 saturated carbocycles. The Morgan fingerprint density at radius 1 is 1.58 bits per heavy atom. The van der Waals surface area contributed by atoms with Crippen LogP contribution >= 0.6 is 0 Å². The molecule has 0 aliphatic carbocycles. The monoisotopic (exact) mass is 166 g/mol. The number of nitriles is 1. The summed E-state index contributed by atoms with van der Waals surface area (Å²) in [5.74, 6) is -0.316. The Bertz CT molecular complexity index is 344. The molecule has 1 rings (SSSR count). The van der Waals surface area contributed by atoms with Crippen LogP contribution in [0.4, 0.5) is 10.1 Å². The molecule has 0 atom stereocenters. The summed E-state index contributed by atoms with van der Waals surface area (Å²) in [6.07, 6.45) is 0. The summed E-state index contributed by atoms with van der Waals surface area (Å²) in [6, 6.07) is 3.97. The number of anilines is 1. The molecule has 4 heteroatoms. The van der Waals surface area contributed by atoms with Gasteiger partial charge in [0.1, 0.15) is 11.9 Å². The van der Waals surface area contributed by atoms with Crippen molar-refractivity contribution in [3.8, 4) is 11.8 Å². The normalized spacial score (nSPS) is 9.08. The van der Waals surface area contributed by atoms with Crippen molar-refractivity contribution in [1.29, 1.82) is 5.26 Å². The summed E-state index contributed by atoms with van der Waals surface area (Å²) in [6.45, 7) is 0. The number of nitrogens with zero attached hydrogens (tertiary/aromatic N) is 1. The fourth-order valence-corrected chi connectivity index (χ4v) is 0.926. The van der Waals surface area contributed by atoms with E-state index in [0.717, 1.165) is 12.1 Å². The van der Waals surface area contributed by atoms with Crippen LogP contribution in [0.3, 0.4) is 0 Å². The van der Waals surface area contributed by atoms with Gasteiger partial charge in [0.05, 0.1) is 18.4 Å². The summed E-state index contributed by atoms with van der Waals surface area (Å²) in [5.41, 5.74) is 5.63. The summed E-state index contributed by atoms with van der Waals surface area (Å²) in [5, 5.41) is 8.55. The molecule has 0 amide bonds. The second-order valence-electron chi connectivity index (χ2n) is 2.19. The minimum atomic E-state index is -0.537. The third kappa shape index (κ3) is 1.30. The van der Waals surface area contributed by atoms with Crippen LogP contribution in [0.1, 0.15) is 5.56 Å². The molecule has 12 heavy (non-hydrogen) atoms. The molecule has 0 radical (unpaired) electrons. The molecule has 0 unspecified atom stereocenters. The van der Waals surface area contributed by atoms with Crippen molar-refractivity contribution in [2.75, 3.05) is 12.8 Å². The van der Waals surface area contributed by atoms with Crippen LogP contribution in [-0.4, -0.2) is 7.11 Å². The fraction of sp³-hybridized carbons (Fsp3) is 0.125. The lowest BCUT2D eigenvalue weighted by molar-refractivity contribution is 0.414. The maximum Gasteiger partial charge on any atom is 0.159 e. The highest BCUT2D eigenvalue weighted by Gasteiger charge is 2.08. The molecular formula is C8H7FN2O. The smallest absolute Gasteiger partial charge is 0.159 e. The Balaban J connectivity index is 3.36.